The van der Waals surface area contributed by atoms with E-state index >= 15 is 0 Å². The lowest BCUT2D eigenvalue weighted by Gasteiger charge is -2.18. The van der Waals surface area contributed by atoms with E-state index in [1.54, 1.807) is 6.07 Å². The third-order valence-corrected chi connectivity index (χ3v) is 3.98. The molecule has 1 aliphatic rings. The van der Waals surface area contributed by atoms with Crippen molar-refractivity contribution in [2.24, 2.45) is 0 Å². The first-order chi connectivity index (χ1) is 9.40. The predicted octanol–water partition coefficient (Wildman–Crippen LogP) is 1.46. The van der Waals surface area contributed by atoms with Gasteiger partial charge >= 0.3 is 12.0 Å². The van der Waals surface area contributed by atoms with Gasteiger partial charge in [-0.1, -0.05) is 0 Å². The molecule has 0 spiro atoms. The number of aryl methyl sites for hydroxylation is 2. The standard InChI is InChI=1S/C13H16N2O4S/c1-7-6-10(9(3)20-7)12(17)19-8(2)11(16)15-5-4-14-13(15)18/h6,8H,4-5H2,1-3H3,(H,14,18)/t8-/m0/s1. The molecule has 7 heteroatoms. The number of imide groups is 1. The molecule has 0 aromatic carbocycles. The first kappa shape index (κ1) is 14.5. The summed E-state index contributed by atoms with van der Waals surface area (Å²) in [6, 6.07) is 1.29. The van der Waals surface area contributed by atoms with Crippen molar-refractivity contribution in [2.75, 3.05) is 13.1 Å². The molecule has 0 radical (unpaired) electrons. The number of nitrogens with one attached hydrogen (secondary N) is 1. The number of hydrogen-bond donors (Lipinski definition) is 1. The molecule has 1 fully saturated rings. The smallest absolute Gasteiger partial charge is 0.340 e. The predicted molar refractivity (Wildman–Crippen MR) is 73.8 cm³/mol. The zero-order valence-corrected chi connectivity index (χ0v) is 12.4. The molecule has 1 aliphatic heterocycles. The summed E-state index contributed by atoms with van der Waals surface area (Å²) in [5, 5.41) is 2.53. The molecular formula is C13H16N2O4S. The fraction of sp³-hybridized carbons (Fsp3) is 0.462. The van der Waals surface area contributed by atoms with Crippen LogP contribution in [0.5, 0.6) is 0 Å². The summed E-state index contributed by atoms with van der Waals surface area (Å²) in [5.41, 5.74) is 0.470. The molecule has 108 valence electrons. The molecule has 1 aromatic heterocycles. The number of thiophene rings is 1. The number of esters is 1. The number of amides is 3. The number of rotatable bonds is 3. The van der Waals surface area contributed by atoms with E-state index in [0.29, 0.717) is 18.7 Å². The van der Waals surface area contributed by atoms with Crippen molar-refractivity contribution in [3.63, 3.8) is 0 Å². The Morgan fingerprint density at radius 2 is 2.15 bits per heavy atom. The molecule has 1 aromatic rings. The molecular weight excluding hydrogens is 280 g/mol. The van der Waals surface area contributed by atoms with Crippen LogP contribution in [0.4, 0.5) is 4.79 Å². The van der Waals surface area contributed by atoms with E-state index in [9.17, 15) is 14.4 Å². The van der Waals surface area contributed by atoms with Gasteiger partial charge in [0.25, 0.3) is 5.91 Å². The minimum Gasteiger partial charge on any atom is -0.449 e. The zero-order chi connectivity index (χ0) is 14.9. The van der Waals surface area contributed by atoms with Crippen molar-refractivity contribution in [2.45, 2.75) is 26.9 Å². The van der Waals surface area contributed by atoms with Crippen molar-refractivity contribution < 1.29 is 19.1 Å². The van der Waals surface area contributed by atoms with Crippen molar-refractivity contribution in [1.29, 1.82) is 0 Å². The van der Waals surface area contributed by atoms with Crippen molar-refractivity contribution >= 4 is 29.2 Å². The van der Waals surface area contributed by atoms with Crippen LogP contribution in [0, 0.1) is 13.8 Å². The van der Waals surface area contributed by atoms with Crippen LogP contribution in [0.2, 0.25) is 0 Å². The Balaban J connectivity index is 2.02. The fourth-order valence-corrected chi connectivity index (χ4v) is 2.92. The van der Waals surface area contributed by atoms with Crippen molar-refractivity contribution in [3.05, 3.63) is 21.4 Å². The van der Waals surface area contributed by atoms with Crippen LogP contribution < -0.4 is 5.32 Å². The lowest BCUT2D eigenvalue weighted by atomic mass is 10.2. The second-order valence-electron chi connectivity index (χ2n) is 4.60. The fourth-order valence-electron chi connectivity index (χ4n) is 2.01. The number of carbonyl (C=O) groups is 3. The molecule has 3 amide bonds. The Labute approximate surface area is 120 Å². The third kappa shape index (κ3) is 2.82. The highest BCUT2D eigenvalue weighted by Gasteiger charge is 2.32. The van der Waals surface area contributed by atoms with E-state index in [0.717, 1.165) is 14.7 Å². The van der Waals surface area contributed by atoms with E-state index in [1.165, 1.54) is 18.3 Å². The Hall–Kier alpha value is -1.89. The lowest BCUT2D eigenvalue weighted by Crippen LogP contribution is -2.41. The van der Waals surface area contributed by atoms with E-state index < -0.39 is 24.0 Å². The summed E-state index contributed by atoms with van der Waals surface area (Å²) in [7, 11) is 0. The molecule has 0 saturated carbocycles. The monoisotopic (exact) mass is 296 g/mol. The van der Waals surface area contributed by atoms with Crippen LogP contribution in [-0.4, -0.2) is 42.0 Å². The van der Waals surface area contributed by atoms with E-state index in [1.807, 2.05) is 13.8 Å². The maximum atomic E-state index is 12.0. The number of urea groups is 1. The Kier molecular flexibility index (Phi) is 4.08. The summed E-state index contributed by atoms with van der Waals surface area (Å²) in [5.74, 6) is -1.04. The quantitative estimate of drug-likeness (QED) is 0.857. The average molecular weight is 296 g/mol. The van der Waals surface area contributed by atoms with Crippen LogP contribution in [0.25, 0.3) is 0 Å². The van der Waals surface area contributed by atoms with Gasteiger partial charge in [-0.15, -0.1) is 11.3 Å². The largest absolute Gasteiger partial charge is 0.449 e. The minimum atomic E-state index is -0.981. The normalized spacial score (nSPS) is 15.9. The highest BCUT2D eigenvalue weighted by Crippen LogP contribution is 2.22. The van der Waals surface area contributed by atoms with Gasteiger partial charge in [0.2, 0.25) is 0 Å². The zero-order valence-electron chi connectivity index (χ0n) is 11.6. The van der Waals surface area contributed by atoms with Gasteiger partial charge in [0.15, 0.2) is 6.10 Å². The number of hydrogen-bond acceptors (Lipinski definition) is 5. The second kappa shape index (κ2) is 5.62. The van der Waals surface area contributed by atoms with Crippen molar-refractivity contribution in [3.8, 4) is 0 Å². The molecule has 0 aliphatic carbocycles. The van der Waals surface area contributed by atoms with Gasteiger partial charge in [0.05, 0.1) is 5.56 Å². The van der Waals surface area contributed by atoms with Crippen LogP contribution in [0.1, 0.15) is 27.0 Å². The van der Waals surface area contributed by atoms with Gasteiger partial charge in [0.1, 0.15) is 0 Å². The summed E-state index contributed by atoms with van der Waals surface area (Å²) in [4.78, 5) is 38.3. The molecule has 0 unspecified atom stereocenters. The van der Waals surface area contributed by atoms with Crippen LogP contribution >= 0.6 is 11.3 Å². The number of carbonyl (C=O) groups excluding carboxylic acids is 3. The van der Waals surface area contributed by atoms with Gasteiger partial charge in [-0.2, -0.15) is 0 Å². The van der Waals surface area contributed by atoms with Crippen LogP contribution in [0.15, 0.2) is 6.07 Å². The summed E-state index contributed by atoms with van der Waals surface area (Å²) in [6.07, 6.45) is -0.981. The van der Waals surface area contributed by atoms with E-state index in [2.05, 4.69) is 5.32 Å². The average Bonchev–Trinajstić information content (AvgIpc) is 2.94. The molecule has 0 bridgehead atoms. The summed E-state index contributed by atoms with van der Waals surface area (Å²) < 4.78 is 5.15. The molecule has 1 N–H and O–H groups in total. The van der Waals surface area contributed by atoms with E-state index in [4.69, 9.17) is 4.74 Å². The molecule has 6 nitrogen and oxygen atoms in total. The van der Waals surface area contributed by atoms with Gasteiger partial charge < -0.3 is 10.1 Å². The molecule has 1 atom stereocenters. The molecule has 20 heavy (non-hydrogen) atoms. The Morgan fingerprint density at radius 3 is 2.65 bits per heavy atom. The highest BCUT2D eigenvalue weighted by molar-refractivity contribution is 7.12. The van der Waals surface area contributed by atoms with E-state index in [-0.39, 0.29) is 0 Å². The van der Waals surface area contributed by atoms with Gasteiger partial charge in [-0.05, 0) is 26.8 Å². The minimum absolute atomic E-state index is 0.302. The topological polar surface area (TPSA) is 75.7 Å². The van der Waals surface area contributed by atoms with Crippen LogP contribution in [0.3, 0.4) is 0 Å². The number of ether oxygens (including phenoxy) is 1. The van der Waals surface area contributed by atoms with Gasteiger partial charge in [-0.25, -0.2) is 9.59 Å². The molecule has 2 heterocycles. The maximum absolute atomic E-state index is 12.0. The van der Waals surface area contributed by atoms with Gasteiger partial charge in [-0.3, -0.25) is 9.69 Å². The first-order valence-electron chi connectivity index (χ1n) is 6.27. The Bertz CT molecular complexity index is 567. The molecule has 2 rings (SSSR count). The summed E-state index contributed by atoms with van der Waals surface area (Å²) in [6.45, 7) is 5.93. The third-order valence-electron chi connectivity index (χ3n) is 3.02. The number of nitrogens with zero attached hydrogens (tertiary/aromatic N) is 1. The van der Waals surface area contributed by atoms with Crippen molar-refractivity contribution in [1.82, 2.24) is 10.2 Å². The SMILES string of the molecule is Cc1cc(C(=O)O[C@@H](C)C(=O)N2CCNC2=O)c(C)s1. The highest BCUT2D eigenvalue weighted by atomic mass is 32.1. The summed E-state index contributed by atoms with van der Waals surface area (Å²) >= 11 is 1.50. The lowest BCUT2D eigenvalue weighted by molar-refractivity contribution is -0.136. The molecule has 1 saturated heterocycles. The second-order valence-corrected chi connectivity index (χ2v) is 6.06. The first-order valence-corrected chi connectivity index (χ1v) is 7.09. The Morgan fingerprint density at radius 1 is 1.45 bits per heavy atom. The maximum Gasteiger partial charge on any atom is 0.340 e. The van der Waals surface area contributed by atoms with Gasteiger partial charge in [0, 0.05) is 22.8 Å². The van der Waals surface area contributed by atoms with Crippen LogP contribution in [-0.2, 0) is 9.53 Å².